The fourth-order valence-corrected chi connectivity index (χ4v) is 2.97. The number of ether oxygens (including phenoxy) is 3. The molecule has 0 amide bonds. The third-order valence-electron chi connectivity index (χ3n) is 5.10. The predicted molar refractivity (Wildman–Crippen MR) is 110 cm³/mol. The average molecular weight is 482 g/mol. The van der Waals surface area contributed by atoms with Crippen molar-refractivity contribution in [3.05, 3.63) is 29.1 Å². The molecule has 0 saturated carbocycles. The number of benzene rings is 1. The van der Waals surface area contributed by atoms with Crippen LogP contribution < -0.4 is 4.74 Å². The third-order valence-corrected chi connectivity index (χ3v) is 5.10. The van der Waals surface area contributed by atoms with E-state index in [0.717, 1.165) is 0 Å². The Morgan fingerprint density at radius 3 is 1.82 bits per heavy atom. The zero-order valence-electron chi connectivity index (χ0n) is 19.8. The van der Waals surface area contributed by atoms with Gasteiger partial charge in [0.1, 0.15) is 5.78 Å². The van der Waals surface area contributed by atoms with E-state index in [1.165, 1.54) is 0 Å². The van der Waals surface area contributed by atoms with Crippen molar-refractivity contribution in [2.24, 2.45) is 11.3 Å². The summed E-state index contributed by atoms with van der Waals surface area (Å²) in [4.78, 5) is 23.9. The van der Waals surface area contributed by atoms with Gasteiger partial charge in [-0.2, -0.15) is 8.78 Å². The van der Waals surface area contributed by atoms with E-state index in [-0.39, 0.29) is 24.9 Å². The predicted octanol–water partition coefficient (Wildman–Crippen LogP) is 5.52. The highest BCUT2D eigenvalue weighted by atomic mass is 19.2. The number of hydrogen-bond acceptors (Lipinski definition) is 5. The van der Waals surface area contributed by atoms with Crippen molar-refractivity contribution in [1.29, 1.82) is 0 Å². The van der Waals surface area contributed by atoms with Crippen LogP contribution in [-0.2, 0) is 19.1 Å². The van der Waals surface area contributed by atoms with E-state index >= 15 is 0 Å². The van der Waals surface area contributed by atoms with Gasteiger partial charge in [-0.05, 0) is 26.7 Å². The molecule has 10 heteroatoms. The van der Waals surface area contributed by atoms with Crippen LogP contribution in [0.25, 0.3) is 0 Å². The molecule has 0 atom stereocenters. The molecule has 0 unspecified atom stereocenters. The van der Waals surface area contributed by atoms with Crippen molar-refractivity contribution in [2.75, 3.05) is 19.8 Å². The van der Waals surface area contributed by atoms with Crippen LogP contribution in [0.3, 0.4) is 0 Å². The maximum Gasteiger partial charge on any atom is 0.313 e. The van der Waals surface area contributed by atoms with E-state index in [1.807, 2.05) is 41.5 Å². The number of carbonyl (C=O) groups is 2. The van der Waals surface area contributed by atoms with Gasteiger partial charge in [-0.1, -0.05) is 27.7 Å². The first-order valence-corrected chi connectivity index (χ1v) is 10.6. The second kappa shape index (κ2) is 11.9. The van der Waals surface area contributed by atoms with E-state index < -0.39 is 58.2 Å². The van der Waals surface area contributed by atoms with Crippen LogP contribution >= 0.6 is 0 Å². The Labute approximate surface area is 190 Å². The molecule has 0 saturated heterocycles. The van der Waals surface area contributed by atoms with E-state index in [9.17, 15) is 31.5 Å². The molecule has 0 aliphatic heterocycles. The summed E-state index contributed by atoms with van der Waals surface area (Å²) in [7, 11) is 0. The van der Waals surface area contributed by atoms with Gasteiger partial charge in [0.15, 0.2) is 0 Å². The summed E-state index contributed by atoms with van der Waals surface area (Å²) in [6, 6.07) is 0. The van der Waals surface area contributed by atoms with Gasteiger partial charge in [0, 0.05) is 24.5 Å². The smallest absolute Gasteiger partial charge is 0.313 e. The van der Waals surface area contributed by atoms with E-state index in [0.29, 0.717) is 19.4 Å². The Kier molecular flexibility index (Phi) is 10.4. The second-order valence-electron chi connectivity index (χ2n) is 9.25. The lowest BCUT2D eigenvalue weighted by Gasteiger charge is -2.29. The zero-order valence-corrected chi connectivity index (χ0v) is 19.8. The first-order chi connectivity index (χ1) is 15.1. The Balaban J connectivity index is 2.41. The van der Waals surface area contributed by atoms with Crippen molar-refractivity contribution < 1.29 is 45.8 Å². The zero-order chi connectivity index (χ0) is 25.6. The molecule has 188 valence electrons. The van der Waals surface area contributed by atoms with Crippen molar-refractivity contribution in [1.82, 2.24) is 0 Å². The summed E-state index contributed by atoms with van der Waals surface area (Å²) in [6.07, 6.45) is 0.530. The van der Waals surface area contributed by atoms with E-state index in [1.54, 1.807) is 0 Å². The van der Waals surface area contributed by atoms with Crippen LogP contribution in [0.5, 0.6) is 5.75 Å². The standard InChI is InChI=1S/C23H31F5O5/c1-13(2)21(30)22(3,4)8-12-32-23(5,6)9-11-31-10-7-14(29)33-20-18(27)16(25)15(24)17(26)19(20)28/h13H,7-12H2,1-6H3. The monoisotopic (exact) mass is 482 g/mol. The first-order valence-electron chi connectivity index (χ1n) is 10.6. The average Bonchev–Trinajstić information content (AvgIpc) is 2.72. The lowest BCUT2D eigenvalue weighted by molar-refractivity contribution is -0.136. The number of ketones is 1. The Morgan fingerprint density at radius 1 is 0.788 bits per heavy atom. The van der Waals surface area contributed by atoms with Gasteiger partial charge in [0.05, 0.1) is 18.6 Å². The molecule has 0 heterocycles. The van der Waals surface area contributed by atoms with Gasteiger partial charge in [0.25, 0.3) is 0 Å². The molecule has 1 rings (SSSR count). The molecular weight excluding hydrogens is 451 g/mol. The largest absolute Gasteiger partial charge is 0.420 e. The second-order valence-corrected chi connectivity index (χ2v) is 9.25. The normalized spacial score (nSPS) is 12.4. The Morgan fingerprint density at radius 2 is 1.30 bits per heavy atom. The fraction of sp³-hybridized carbons (Fsp3) is 0.652. The summed E-state index contributed by atoms with van der Waals surface area (Å²) < 4.78 is 81.8. The van der Waals surface area contributed by atoms with Crippen LogP contribution in [0.1, 0.15) is 60.8 Å². The minimum atomic E-state index is -2.34. The molecule has 1 aromatic rings. The van der Waals surface area contributed by atoms with Crippen molar-refractivity contribution >= 4 is 11.8 Å². The molecule has 0 N–H and O–H groups in total. The number of Topliss-reactive ketones (excluding diaryl/α,β-unsaturated/α-hetero) is 1. The Bertz CT molecular complexity index is 823. The third kappa shape index (κ3) is 8.33. The van der Waals surface area contributed by atoms with Crippen LogP contribution in [0.2, 0.25) is 0 Å². The molecule has 0 radical (unpaired) electrons. The number of rotatable bonds is 13. The molecule has 0 spiro atoms. The van der Waals surface area contributed by atoms with Gasteiger partial charge < -0.3 is 14.2 Å². The van der Waals surface area contributed by atoms with Gasteiger partial charge in [0.2, 0.25) is 34.8 Å². The Hall–Kier alpha value is -2.07. The quantitative estimate of drug-likeness (QED) is 0.0925. The van der Waals surface area contributed by atoms with Gasteiger partial charge in [-0.3, -0.25) is 9.59 Å². The molecule has 1 aromatic carbocycles. The van der Waals surface area contributed by atoms with Crippen LogP contribution in [0.4, 0.5) is 22.0 Å². The summed E-state index contributed by atoms with van der Waals surface area (Å²) in [5.41, 5.74) is -1.08. The maximum absolute atomic E-state index is 13.5. The van der Waals surface area contributed by atoms with Crippen LogP contribution in [0, 0.1) is 40.4 Å². The number of esters is 1. The maximum atomic E-state index is 13.5. The van der Waals surface area contributed by atoms with E-state index in [4.69, 9.17) is 9.47 Å². The van der Waals surface area contributed by atoms with Crippen molar-refractivity contribution in [3.63, 3.8) is 0 Å². The summed E-state index contributed by atoms with van der Waals surface area (Å²) in [6.45, 7) is 11.5. The van der Waals surface area contributed by atoms with E-state index in [2.05, 4.69) is 4.74 Å². The molecule has 0 aliphatic carbocycles. The number of carbonyl (C=O) groups excluding carboxylic acids is 2. The molecule has 0 aliphatic rings. The number of halogens is 5. The van der Waals surface area contributed by atoms with Crippen molar-refractivity contribution in [3.8, 4) is 5.75 Å². The lowest BCUT2D eigenvalue weighted by Crippen LogP contribution is -2.33. The summed E-state index contributed by atoms with van der Waals surface area (Å²) in [5.74, 6) is -14.0. The van der Waals surface area contributed by atoms with Crippen LogP contribution in [0.15, 0.2) is 0 Å². The fourth-order valence-electron chi connectivity index (χ4n) is 2.97. The SMILES string of the molecule is CC(C)C(=O)C(C)(C)CCOC(C)(C)CCOCCC(=O)Oc1c(F)c(F)c(F)c(F)c1F. The molecule has 33 heavy (non-hydrogen) atoms. The summed E-state index contributed by atoms with van der Waals surface area (Å²) in [5, 5.41) is 0. The lowest BCUT2D eigenvalue weighted by atomic mass is 9.80. The van der Waals surface area contributed by atoms with Gasteiger partial charge >= 0.3 is 5.97 Å². The molecule has 0 aromatic heterocycles. The first kappa shape index (κ1) is 29.0. The van der Waals surface area contributed by atoms with Gasteiger partial charge in [-0.15, -0.1) is 0 Å². The molecule has 5 nitrogen and oxygen atoms in total. The van der Waals surface area contributed by atoms with Gasteiger partial charge in [-0.25, -0.2) is 13.2 Å². The molecule has 0 fully saturated rings. The number of hydrogen-bond donors (Lipinski definition) is 0. The highest BCUT2D eigenvalue weighted by molar-refractivity contribution is 5.85. The minimum absolute atomic E-state index is 0.0674. The molecular formula is C23H31F5O5. The minimum Gasteiger partial charge on any atom is -0.420 e. The highest BCUT2D eigenvalue weighted by Crippen LogP contribution is 2.29. The van der Waals surface area contributed by atoms with Crippen LogP contribution in [-0.4, -0.2) is 37.2 Å². The van der Waals surface area contributed by atoms with Crippen molar-refractivity contribution in [2.45, 2.75) is 66.4 Å². The summed E-state index contributed by atoms with van der Waals surface area (Å²) >= 11 is 0. The topological polar surface area (TPSA) is 61.8 Å². The molecule has 0 bridgehead atoms. The highest BCUT2D eigenvalue weighted by Gasteiger charge is 2.30.